The van der Waals surface area contributed by atoms with Gasteiger partial charge in [-0.2, -0.15) is 13.2 Å². The minimum absolute atomic E-state index is 0.466. The van der Waals surface area contributed by atoms with Crippen LogP contribution in [0.2, 0.25) is 0 Å². The number of hydrogen-bond acceptors (Lipinski definition) is 5. The van der Waals surface area contributed by atoms with Gasteiger partial charge < -0.3 is 14.2 Å². The normalized spacial score (nSPS) is 19.7. The largest absolute Gasteiger partial charge is 0.486 e. The molecule has 0 amide bonds. The van der Waals surface area contributed by atoms with Gasteiger partial charge in [0.2, 0.25) is 5.76 Å². The Morgan fingerprint density at radius 1 is 1.19 bits per heavy atom. The van der Waals surface area contributed by atoms with E-state index < -0.39 is 41.3 Å². The van der Waals surface area contributed by atoms with E-state index in [0.717, 1.165) is 6.92 Å². The number of ether oxygens (including phenoxy) is 3. The van der Waals surface area contributed by atoms with Crippen molar-refractivity contribution in [1.29, 1.82) is 0 Å². The molecule has 0 N–H and O–H groups in total. The molecule has 1 aliphatic heterocycles. The lowest BCUT2D eigenvalue weighted by atomic mass is 10.1. The van der Waals surface area contributed by atoms with Crippen molar-refractivity contribution in [3.8, 4) is 11.8 Å². The third-order valence-electron chi connectivity index (χ3n) is 3.09. The predicted octanol–water partition coefficient (Wildman–Crippen LogP) is 3.10. The van der Waals surface area contributed by atoms with Crippen molar-refractivity contribution in [1.82, 2.24) is 0 Å². The molecule has 1 unspecified atom stereocenters. The summed E-state index contributed by atoms with van der Waals surface area (Å²) in [5.74, 6) is -2.41. The number of hydrogen-bond donors (Lipinski definition) is 0. The Kier molecular flexibility index (Phi) is 5.30. The summed E-state index contributed by atoms with van der Waals surface area (Å²) in [6.45, 7) is 3.67. The molecule has 1 atom stereocenters. The molecule has 0 radical (unpaired) electrons. The van der Waals surface area contributed by atoms with Crippen LogP contribution in [0.15, 0.2) is 41.7 Å². The monoisotopic (exact) mass is 368 g/mol. The number of carbonyl (C=O) groups is 2. The number of alkyl halides is 3. The van der Waals surface area contributed by atoms with Gasteiger partial charge in [-0.15, -0.1) is 0 Å². The van der Waals surface area contributed by atoms with Gasteiger partial charge in [0, 0.05) is 12.5 Å². The lowest BCUT2D eigenvalue weighted by molar-refractivity contribution is -0.341. The second kappa shape index (κ2) is 7.12. The van der Waals surface area contributed by atoms with E-state index in [4.69, 9.17) is 4.74 Å². The van der Waals surface area contributed by atoms with Crippen molar-refractivity contribution in [3.63, 3.8) is 0 Å². The lowest BCUT2D eigenvalue weighted by Gasteiger charge is -2.31. The first kappa shape index (κ1) is 19.4. The van der Waals surface area contributed by atoms with Crippen LogP contribution in [0, 0.1) is 11.8 Å². The van der Waals surface area contributed by atoms with Crippen LogP contribution in [0.3, 0.4) is 0 Å². The molecule has 2 rings (SSSR count). The van der Waals surface area contributed by atoms with E-state index in [1.807, 2.05) is 0 Å². The van der Waals surface area contributed by atoms with Crippen molar-refractivity contribution in [3.05, 3.63) is 47.2 Å². The molecule has 26 heavy (non-hydrogen) atoms. The molecular formula is C18H15F3O5. The highest BCUT2D eigenvalue weighted by molar-refractivity contribution is 5.97. The fourth-order valence-corrected chi connectivity index (χ4v) is 2.14. The van der Waals surface area contributed by atoms with Crippen molar-refractivity contribution in [2.24, 2.45) is 0 Å². The molecule has 5 nitrogen and oxygen atoms in total. The van der Waals surface area contributed by atoms with Gasteiger partial charge in [-0.25, -0.2) is 4.79 Å². The molecule has 0 fully saturated rings. The lowest BCUT2D eigenvalue weighted by Crippen LogP contribution is -2.51. The van der Waals surface area contributed by atoms with Crippen molar-refractivity contribution in [2.75, 3.05) is 0 Å². The van der Waals surface area contributed by atoms with Crippen LogP contribution in [0.1, 0.15) is 26.3 Å². The Morgan fingerprint density at radius 2 is 1.81 bits per heavy atom. The maximum Gasteiger partial charge on any atom is 0.477 e. The summed E-state index contributed by atoms with van der Waals surface area (Å²) >= 11 is 0. The van der Waals surface area contributed by atoms with Crippen LogP contribution >= 0.6 is 0 Å². The number of carbonyl (C=O) groups excluding carboxylic acids is 2. The zero-order valence-corrected chi connectivity index (χ0v) is 14.1. The molecule has 0 aliphatic carbocycles. The zero-order chi connectivity index (χ0) is 19.5. The average molecular weight is 368 g/mol. The van der Waals surface area contributed by atoms with E-state index >= 15 is 0 Å². The van der Waals surface area contributed by atoms with Gasteiger partial charge in [0.1, 0.15) is 0 Å². The van der Waals surface area contributed by atoms with Crippen LogP contribution < -0.4 is 0 Å². The SMILES string of the molecule is CC(=O)OC1(C(F)(F)F)OC(=O)C(C#Cc2ccccc2)=C1OC(C)C. The van der Waals surface area contributed by atoms with E-state index in [1.165, 1.54) is 13.8 Å². The summed E-state index contributed by atoms with van der Waals surface area (Å²) in [5, 5.41) is 0. The van der Waals surface area contributed by atoms with Gasteiger partial charge in [0.15, 0.2) is 5.57 Å². The van der Waals surface area contributed by atoms with Gasteiger partial charge >= 0.3 is 23.9 Å². The third-order valence-corrected chi connectivity index (χ3v) is 3.09. The third kappa shape index (κ3) is 3.82. The number of benzene rings is 1. The fourth-order valence-electron chi connectivity index (χ4n) is 2.14. The van der Waals surface area contributed by atoms with Gasteiger partial charge in [0.25, 0.3) is 0 Å². The Bertz CT molecular complexity index is 800. The smallest absolute Gasteiger partial charge is 0.477 e. The van der Waals surface area contributed by atoms with Crippen molar-refractivity contribution < 1.29 is 37.0 Å². The molecular weight excluding hydrogens is 353 g/mol. The maximum atomic E-state index is 13.7. The van der Waals surface area contributed by atoms with Gasteiger partial charge in [0.05, 0.1) is 6.10 Å². The molecule has 1 aliphatic rings. The molecule has 1 aromatic rings. The Morgan fingerprint density at radius 3 is 2.31 bits per heavy atom. The minimum atomic E-state index is -5.26. The van der Waals surface area contributed by atoms with Crippen LogP contribution in [0.4, 0.5) is 13.2 Å². The highest BCUT2D eigenvalue weighted by Crippen LogP contribution is 2.47. The quantitative estimate of drug-likeness (QED) is 0.606. The summed E-state index contributed by atoms with van der Waals surface area (Å²) in [6.07, 6.45) is -6.01. The Balaban J connectivity index is 2.64. The van der Waals surface area contributed by atoms with E-state index in [1.54, 1.807) is 30.3 Å². The highest BCUT2D eigenvalue weighted by atomic mass is 19.4. The summed E-state index contributed by atoms with van der Waals surface area (Å²) in [4.78, 5) is 23.3. The van der Waals surface area contributed by atoms with E-state index in [9.17, 15) is 22.8 Å². The van der Waals surface area contributed by atoms with E-state index in [2.05, 4.69) is 21.3 Å². The topological polar surface area (TPSA) is 61.8 Å². The summed E-state index contributed by atoms with van der Waals surface area (Å²) in [6, 6.07) is 8.31. The zero-order valence-electron chi connectivity index (χ0n) is 14.1. The highest BCUT2D eigenvalue weighted by Gasteiger charge is 2.71. The number of esters is 2. The van der Waals surface area contributed by atoms with Gasteiger partial charge in [-0.3, -0.25) is 4.79 Å². The minimum Gasteiger partial charge on any atom is -0.486 e. The number of halogens is 3. The van der Waals surface area contributed by atoms with Crippen LogP contribution in [0.25, 0.3) is 0 Å². The fraction of sp³-hybridized carbons (Fsp3) is 0.333. The molecule has 8 heteroatoms. The molecule has 1 aromatic carbocycles. The summed E-state index contributed by atoms with van der Waals surface area (Å²) in [7, 11) is 0. The molecule has 138 valence electrons. The van der Waals surface area contributed by atoms with Gasteiger partial charge in [-0.1, -0.05) is 30.0 Å². The van der Waals surface area contributed by atoms with Crippen LogP contribution in [0.5, 0.6) is 0 Å². The number of cyclic esters (lactones) is 1. The second-order valence-electron chi connectivity index (χ2n) is 5.58. The molecule has 0 spiro atoms. The molecule has 0 aromatic heterocycles. The second-order valence-corrected chi connectivity index (χ2v) is 5.58. The first-order chi connectivity index (χ1) is 12.1. The average Bonchev–Trinajstić information content (AvgIpc) is 2.77. The van der Waals surface area contributed by atoms with Crippen molar-refractivity contribution in [2.45, 2.75) is 38.8 Å². The van der Waals surface area contributed by atoms with Gasteiger partial charge in [-0.05, 0) is 26.0 Å². The van der Waals surface area contributed by atoms with Crippen molar-refractivity contribution >= 4 is 11.9 Å². The first-order valence-corrected chi connectivity index (χ1v) is 7.55. The van der Waals surface area contributed by atoms with E-state index in [0.29, 0.717) is 5.56 Å². The molecule has 0 saturated carbocycles. The molecule has 0 saturated heterocycles. The first-order valence-electron chi connectivity index (χ1n) is 7.55. The molecule has 0 bridgehead atoms. The maximum absolute atomic E-state index is 13.7. The van der Waals surface area contributed by atoms with Crippen LogP contribution in [-0.2, 0) is 23.8 Å². The summed E-state index contributed by atoms with van der Waals surface area (Å²) < 4.78 is 55.0. The van der Waals surface area contributed by atoms with E-state index in [-0.39, 0.29) is 0 Å². The molecule has 1 heterocycles. The standard InChI is InChI=1S/C18H15F3O5/c1-11(2)24-15-14(10-9-13-7-5-4-6-8-13)16(23)26-17(15,18(19,20)21)25-12(3)22/h4-8,11H,1-3H3. The Labute approximate surface area is 147 Å². The Hall–Kier alpha value is -2.95. The van der Waals surface area contributed by atoms with Crippen LogP contribution in [-0.4, -0.2) is 30.0 Å². The number of rotatable bonds is 3. The predicted molar refractivity (Wildman–Crippen MR) is 83.2 cm³/mol. The summed E-state index contributed by atoms with van der Waals surface area (Å²) in [5.41, 5.74) is -0.185.